The number of unbranched alkanes of at least 4 members (excludes halogenated alkanes) is 1. The summed E-state index contributed by atoms with van der Waals surface area (Å²) in [6, 6.07) is 13.2. The van der Waals surface area contributed by atoms with Crippen molar-refractivity contribution >= 4 is 16.9 Å². The van der Waals surface area contributed by atoms with Gasteiger partial charge in [0.2, 0.25) is 5.91 Å². The molecule has 0 radical (unpaired) electrons. The Balaban J connectivity index is 1.92. The Hall–Kier alpha value is -2.95. The fourth-order valence-electron chi connectivity index (χ4n) is 3.67. The molecule has 1 heterocycles. The van der Waals surface area contributed by atoms with E-state index in [9.17, 15) is 14.0 Å². The number of benzene rings is 2. The van der Waals surface area contributed by atoms with Crippen molar-refractivity contribution in [2.24, 2.45) is 5.92 Å². The highest BCUT2D eigenvalue weighted by molar-refractivity contribution is 5.79. The van der Waals surface area contributed by atoms with E-state index in [0.29, 0.717) is 23.1 Å². The lowest BCUT2D eigenvalue weighted by atomic mass is 9.97. The molecule has 2 aromatic carbocycles. The minimum Gasteiger partial charge on any atom is -0.464 e. The van der Waals surface area contributed by atoms with Crippen molar-refractivity contribution in [2.75, 3.05) is 0 Å². The van der Waals surface area contributed by atoms with Crippen LogP contribution in [0.15, 0.2) is 64.0 Å². The first-order valence-electron chi connectivity index (χ1n) is 10.6. The Morgan fingerprint density at radius 3 is 2.50 bits per heavy atom. The summed E-state index contributed by atoms with van der Waals surface area (Å²) in [4.78, 5) is 28.0. The van der Waals surface area contributed by atoms with Crippen molar-refractivity contribution in [1.29, 1.82) is 0 Å². The fourth-order valence-corrected chi connectivity index (χ4v) is 3.67. The molecule has 1 amide bonds. The molecule has 0 aliphatic carbocycles. The summed E-state index contributed by atoms with van der Waals surface area (Å²) in [7, 11) is 0. The number of fused-ring (bicyclic) bond motifs is 1. The lowest BCUT2D eigenvalue weighted by molar-refractivity contribution is -0.137. The molecule has 0 unspecified atom stereocenters. The molecule has 4 nitrogen and oxygen atoms in total. The van der Waals surface area contributed by atoms with E-state index >= 15 is 0 Å². The number of carbonyl (C=O) groups excluding carboxylic acids is 1. The Kier molecular flexibility index (Phi) is 7.39. The van der Waals surface area contributed by atoms with E-state index in [1.54, 1.807) is 35.2 Å². The van der Waals surface area contributed by atoms with Gasteiger partial charge in [-0.15, -0.1) is 0 Å². The maximum absolute atomic E-state index is 13.4. The molecule has 158 valence electrons. The monoisotopic (exact) mass is 409 g/mol. The Morgan fingerprint density at radius 1 is 1.07 bits per heavy atom. The second-order valence-electron chi connectivity index (χ2n) is 7.65. The van der Waals surface area contributed by atoms with Crippen LogP contribution in [-0.4, -0.2) is 10.8 Å². The highest BCUT2D eigenvalue weighted by atomic mass is 19.1. The van der Waals surface area contributed by atoms with Crippen LogP contribution in [0.1, 0.15) is 50.7 Å². The molecule has 0 saturated heterocycles. The maximum atomic E-state index is 13.4. The first-order chi connectivity index (χ1) is 14.5. The zero-order valence-electron chi connectivity index (χ0n) is 17.6. The van der Waals surface area contributed by atoms with E-state index in [2.05, 4.69) is 6.92 Å². The first kappa shape index (κ1) is 21.8. The first-order valence-corrected chi connectivity index (χ1v) is 10.6. The van der Waals surface area contributed by atoms with Gasteiger partial charge in [-0.25, -0.2) is 4.39 Å². The van der Waals surface area contributed by atoms with Crippen molar-refractivity contribution in [3.63, 3.8) is 0 Å². The van der Waals surface area contributed by atoms with Crippen molar-refractivity contribution in [3.05, 3.63) is 82.0 Å². The highest BCUT2D eigenvalue weighted by Gasteiger charge is 2.24. The van der Waals surface area contributed by atoms with Gasteiger partial charge in [-0.2, -0.15) is 0 Å². The molecule has 3 rings (SSSR count). The summed E-state index contributed by atoms with van der Waals surface area (Å²) < 4.78 is 19.0. The number of rotatable bonds is 9. The van der Waals surface area contributed by atoms with Crippen molar-refractivity contribution in [1.82, 2.24) is 4.90 Å². The normalized spacial score (nSPS) is 12.1. The molecular weight excluding hydrogens is 381 g/mol. The largest absolute Gasteiger partial charge is 0.464 e. The molecule has 0 saturated carbocycles. The fraction of sp³-hybridized carbons (Fsp3) is 0.360. The lowest BCUT2D eigenvalue weighted by Gasteiger charge is -2.27. The molecule has 3 aromatic rings. The number of hydrogen-bond donors (Lipinski definition) is 0. The van der Waals surface area contributed by atoms with Crippen LogP contribution in [0.25, 0.3) is 11.0 Å². The Labute approximate surface area is 176 Å². The van der Waals surface area contributed by atoms with Crippen LogP contribution < -0.4 is 5.43 Å². The zero-order valence-corrected chi connectivity index (χ0v) is 17.6. The van der Waals surface area contributed by atoms with E-state index < -0.39 is 0 Å². The van der Waals surface area contributed by atoms with E-state index in [1.807, 2.05) is 13.0 Å². The number of amides is 1. The van der Waals surface area contributed by atoms with Gasteiger partial charge in [-0.3, -0.25) is 9.59 Å². The average molecular weight is 410 g/mol. The number of carbonyl (C=O) groups is 1. The minimum absolute atomic E-state index is 0.0165. The molecular formula is C25H28FNO3. The van der Waals surface area contributed by atoms with Crippen molar-refractivity contribution in [3.8, 4) is 0 Å². The summed E-state index contributed by atoms with van der Waals surface area (Å²) in [6.45, 7) is 4.59. The summed E-state index contributed by atoms with van der Waals surface area (Å²) in [5, 5.41) is 0.502. The quantitative estimate of drug-likeness (QED) is 0.457. The minimum atomic E-state index is -0.318. The molecule has 30 heavy (non-hydrogen) atoms. The van der Waals surface area contributed by atoms with Gasteiger partial charge >= 0.3 is 0 Å². The standard InChI is InChI=1S/C25H28FNO3/c1-3-5-8-19(4-2)25(29)27(15-18-11-13-21(26)14-12-18)16-20-17-30-23-10-7-6-9-22(23)24(20)28/h6-7,9-14,17,19H,3-5,8,15-16H2,1-2H3/t19-/m1/s1. The van der Waals surface area contributed by atoms with Crippen LogP contribution in [0.4, 0.5) is 4.39 Å². The van der Waals surface area contributed by atoms with Crippen molar-refractivity contribution in [2.45, 2.75) is 52.6 Å². The molecule has 0 aliphatic heterocycles. The maximum Gasteiger partial charge on any atom is 0.226 e. The molecule has 5 heteroatoms. The molecule has 0 N–H and O–H groups in total. The van der Waals surface area contributed by atoms with Crippen molar-refractivity contribution < 1.29 is 13.6 Å². The smallest absolute Gasteiger partial charge is 0.226 e. The van der Waals surface area contributed by atoms with E-state index in [-0.39, 0.29) is 29.6 Å². The van der Waals surface area contributed by atoms with Crippen LogP contribution in [-0.2, 0) is 17.9 Å². The lowest BCUT2D eigenvalue weighted by Crippen LogP contribution is -2.36. The summed E-state index contributed by atoms with van der Waals surface area (Å²) in [6.07, 6.45) is 5.01. The molecule has 1 atom stereocenters. The predicted octanol–water partition coefficient (Wildman–Crippen LogP) is 5.68. The number of hydrogen-bond acceptors (Lipinski definition) is 3. The van der Waals surface area contributed by atoms with Gasteiger partial charge in [0.05, 0.1) is 23.8 Å². The second kappa shape index (κ2) is 10.2. The average Bonchev–Trinajstić information content (AvgIpc) is 2.77. The zero-order chi connectivity index (χ0) is 21.5. The van der Waals surface area contributed by atoms with Gasteiger partial charge < -0.3 is 9.32 Å². The second-order valence-corrected chi connectivity index (χ2v) is 7.65. The third kappa shape index (κ3) is 5.15. The van der Waals surface area contributed by atoms with Gasteiger partial charge in [-0.1, -0.05) is 51.0 Å². The van der Waals surface area contributed by atoms with E-state index in [4.69, 9.17) is 4.42 Å². The van der Waals surface area contributed by atoms with Crippen LogP contribution in [0.3, 0.4) is 0 Å². The van der Waals surface area contributed by atoms with Crippen LogP contribution in [0, 0.1) is 11.7 Å². The topological polar surface area (TPSA) is 50.5 Å². The van der Waals surface area contributed by atoms with Gasteiger partial charge in [0.25, 0.3) is 0 Å². The Morgan fingerprint density at radius 2 is 1.80 bits per heavy atom. The van der Waals surface area contributed by atoms with Crippen LogP contribution in [0.2, 0.25) is 0 Å². The third-order valence-corrected chi connectivity index (χ3v) is 5.46. The summed E-state index contributed by atoms with van der Waals surface area (Å²) in [5.74, 6) is -0.401. The Bertz CT molecular complexity index is 1040. The van der Waals surface area contributed by atoms with Crippen LogP contribution in [0.5, 0.6) is 0 Å². The predicted molar refractivity (Wildman–Crippen MR) is 116 cm³/mol. The van der Waals surface area contributed by atoms with Gasteiger partial charge in [-0.05, 0) is 42.7 Å². The van der Waals surface area contributed by atoms with Crippen LogP contribution >= 0.6 is 0 Å². The van der Waals surface area contributed by atoms with E-state index in [0.717, 1.165) is 31.2 Å². The molecule has 0 aliphatic rings. The van der Waals surface area contributed by atoms with Gasteiger partial charge in [0.1, 0.15) is 11.4 Å². The summed E-state index contributed by atoms with van der Waals surface area (Å²) in [5.41, 5.74) is 1.65. The molecule has 1 aromatic heterocycles. The molecule has 0 bridgehead atoms. The molecule has 0 spiro atoms. The molecule has 0 fully saturated rings. The number of para-hydroxylation sites is 1. The van der Waals surface area contributed by atoms with E-state index in [1.165, 1.54) is 18.4 Å². The third-order valence-electron chi connectivity index (χ3n) is 5.46. The number of nitrogens with zero attached hydrogens (tertiary/aromatic N) is 1. The highest BCUT2D eigenvalue weighted by Crippen LogP contribution is 2.20. The SMILES string of the molecule is CCCC[C@@H](CC)C(=O)N(Cc1ccc(F)cc1)Cc1coc2ccccc2c1=O. The summed E-state index contributed by atoms with van der Waals surface area (Å²) >= 11 is 0. The van der Waals surface area contributed by atoms with Gasteiger partial charge in [0, 0.05) is 12.5 Å². The number of halogens is 1. The van der Waals surface area contributed by atoms with Gasteiger partial charge in [0.15, 0.2) is 5.43 Å².